The Morgan fingerprint density at radius 3 is 2.69 bits per heavy atom. The number of aromatic nitrogens is 3. The van der Waals surface area contributed by atoms with Crippen molar-refractivity contribution < 1.29 is 0 Å². The highest BCUT2D eigenvalue weighted by molar-refractivity contribution is 6.30. The summed E-state index contributed by atoms with van der Waals surface area (Å²) in [6.07, 6.45) is 0. The topological polar surface area (TPSA) is 30.2 Å². The van der Waals surface area contributed by atoms with Crippen LogP contribution in [0.2, 0.25) is 5.15 Å². The predicted molar refractivity (Wildman–Crippen MR) is 52.2 cm³/mol. The van der Waals surface area contributed by atoms with Gasteiger partial charge < -0.3 is 0 Å². The summed E-state index contributed by atoms with van der Waals surface area (Å²) in [5, 5.41) is 4.84. The van der Waals surface area contributed by atoms with E-state index in [2.05, 4.69) is 10.1 Å². The second-order valence-electron chi connectivity index (χ2n) is 3.17. The molecule has 0 fully saturated rings. The molecule has 0 atom stereocenters. The van der Waals surface area contributed by atoms with Crippen LogP contribution in [0.5, 0.6) is 0 Å². The SMILES string of the molecule is Cc1nc2cc(C)c(C)c(Cl)n2n1. The molecule has 0 radical (unpaired) electrons. The monoisotopic (exact) mass is 195 g/mol. The van der Waals surface area contributed by atoms with Crippen LogP contribution in [0, 0.1) is 20.8 Å². The molecule has 2 heterocycles. The first-order valence-corrected chi connectivity index (χ1v) is 4.46. The van der Waals surface area contributed by atoms with Crippen LogP contribution in [0.4, 0.5) is 0 Å². The number of fused-ring (bicyclic) bond motifs is 1. The Bertz CT molecular complexity index is 473. The fourth-order valence-corrected chi connectivity index (χ4v) is 1.57. The van der Waals surface area contributed by atoms with Gasteiger partial charge >= 0.3 is 0 Å². The van der Waals surface area contributed by atoms with Gasteiger partial charge in [-0.05, 0) is 38.0 Å². The molecule has 0 bridgehead atoms. The molecule has 3 nitrogen and oxygen atoms in total. The van der Waals surface area contributed by atoms with Gasteiger partial charge in [0.1, 0.15) is 11.0 Å². The Morgan fingerprint density at radius 2 is 2.00 bits per heavy atom. The minimum absolute atomic E-state index is 0.649. The summed E-state index contributed by atoms with van der Waals surface area (Å²) in [5.74, 6) is 0.743. The van der Waals surface area contributed by atoms with Crippen molar-refractivity contribution in [2.75, 3.05) is 0 Å². The summed E-state index contributed by atoms with van der Waals surface area (Å²) in [7, 11) is 0. The number of halogens is 1. The van der Waals surface area contributed by atoms with Crippen LogP contribution < -0.4 is 0 Å². The zero-order valence-electron chi connectivity index (χ0n) is 7.80. The highest BCUT2D eigenvalue weighted by atomic mass is 35.5. The molecule has 0 amide bonds. The van der Waals surface area contributed by atoms with E-state index in [4.69, 9.17) is 11.6 Å². The smallest absolute Gasteiger partial charge is 0.157 e. The molecular weight excluding hydrogens is 186 g/mol. The Labute approximate surface area is 81.4 Å². The van der Waals surface area contributed by atoms with Gasteiger partial charge in [0.2, 0.25) is 0 Å². The van der Waals surface area contributed by atoms with Gasteiger partial charge in [-0.15, -0.1) is 0 Å². The van der Waals surface area contributed by atoms with Gasteiger partial charge in [0.05, 0.1) is 0 Å². The molecule has 13 heavy (non-hydrogen) atoms. The van der Waals surface area contributed by atoms with Gasteiger partial charge in [0, 0.05) is 0 Å². The molecule has 0 unspecified atom stereocenters. The number of rotatable bonds is 0. The molecule has 4 heteroatoms. The lowest BCUT2D eigenvalue weighted by Crippen LogP contribution is -1.94. The Balaban J connectivity index is 2.92. The zero-order valence-corrected chi connectivity index (χ0v) is 8.55. The van der Waals surface area contributed by atoms with Crippen LogP contribution in [0.15, 0.2) is 6.07 Å². The lowest BCUT2D eigenvalue weighted by molar-refractivity contribution is 0.921. The van der Waals surface area contributed by atoms with E-state index in [1.807, 2.05) is 26.8 Å². The van der Waals surface area contributed by atoms with E-state index in [0.29, 0.717) is 5.15 Å². The highest BCUT2D eigenvalue weighted by Crippen LogP contribution is 2.20. The number of hydrogen-bond acceptors (Lipinski definition) is 2. The van der Waals surface area contributed by atoms with Gasteiger partial charge in [-0.1, -0.05) is 11.6 Å². The number of hydrogen-bond donors (Lipinski definition) is 0. The minimum atomic E-state index is 0.649. The first-order valence-electron chi connectivity index (χ1n) is 4.08. The van der Waals surface area contributed by atoms with E-state index in [1.165, 1.54) is 0 Å². The third-order valence-electron chi connectivity index (χ3n) is 2.17. The van der Waals surface area contributed by atoms with Crippen molar-refractivity contribution in [1.82, 2.24) is 14.6 Å². The summed E-state index contributed by atoms with van der Waals surface area (Å²) >= 11 is 6.11. The largest absolute Gasteiger partial charge is 0.212 e. The van der Waals surface area contributed by atoms with Crippen LogP contribution in [0.25, 0.3) is 5.65 Å². The van der Waals surface area contributed by atoms with Crippen molar-refractivity contribution in [2.45, 2.75) is 20.8 Å². The third-order valence-corrected chi connectivity index (χ3v) is 2.61. The van der Waals surface area contributed by atoms with E-state index in [9.17, 15) is 0 Å². The molecule has 0 aliphatic rings. The predicted octanol–water partition coefficient (Wildman–Crippen LogP) is 2.31. The van der Waals surface area contributed by atoms with Crippen molar-refractivity contribution in [1.29, 1.82) is 0 Å². The standard InChI is InChI=1S/C9H10ClN3/c1-5-4-8-11-7(3)12-13(8)9(10)6(5)2/h4H,1-3H3. The second kappa shape index (κ2) is 2.70. The molecule has 2 aromatic heterocycles. The molecular formula is C9H10ClN3. The maximum absolute atomic E-state index is 6.11. The third kappa shape index (κ3) is 1.20. The Hall–Kier alpha value is -1.09. The Kier molecular flexibility index (Phi) is 1.77. The summed E-state index contributed by atoms with van der Waals surface area (Å²) < 4.78 is 1.67. The average Bonchev–Trinajstić information content (AvgIpc) is 2.42. The molecule has 0 aromatic carbocycles. The number of aryl methyl sites for hydroxylation is 2. The van der Waals surface area contributed by atoms with Crippen LogP contribution >= 0.6 is 11.6 Å². The maximum Gasteiger partial charge on any atom is 0.157 e. The summed E-state index contributed by atoms with van der Waals surface area (Å²) in [5.41, 5.74) is 3.01. The number of pyridine rings is 1. The first-order chi connectivity index (χ1) is 6.09. The van der Waals surface area contributed by atoms with E-state index < -0.39 is 0 Å². The van der Waals surface area contributed by atoms with Gasteiger partial charge in [-0.25, -0.2) is 9.50 Å². The average molecular weight is 196 g/mol. The molecule has 0 spiro atoms. The quantitative estimate of drug-likeness (QED) is 0.604. The van der Waals surface area contributed by atoms with Gasteiger partial charge in [0.15, 0.2) is 5.65 Å². The fraction of sp³-hybridized carbons (Fsp3) is 0.333. The first kappa shape index (κ1) is 8.51. The van der Waals surface area contributed by atoms with Crippen LogP contribution in [0.3, 0.4) is 0 Å². The molecule has 0 saturated heterocycles. The molecule has 0 aliphatic heterocycles. The van der Waals surface area contributed by atoms with Crippen LogP contribution in [0.1, 0.15) is 17.0 Å². The Morgan fingerprint density at radius 1 is 1.31 bits per heavy atom. The molecule has 2 aromatic rings. The van der Waals surface area contributed by atoms with Gasteiger partial charge in [-0.3, -0.25) is 0 Å². The second-order valence-corrected chi connectivity index (χ2v) is 3.53. The number of nitrogens with zero attached hydrogens (tertiary/aromatic N) is 3. The lowest BCUT2D eigenvalue weighted by atomic mass is 10.2. The molecule has 2 rings (SSSR count). The van der Waals surface area contributed by atoms with Gasteiger partial charge in [-0.2, -0.15) is 5.10 Å². The van der Waals surface area contributed by atoms with E-state index in [-0.39, 0.29) is 0 Å². The maximum atomic E-state index is 6.11. The van der Waals surface area contributed by atoms with Crippen LogP contribution in [-0.4, -0.2) is 14.6 Å². The molecule has 0 N–H and O–H groups in total. The van der Waals surface area contributed by atoms with Gasteiger partial charge in [0.25, 0.3) is 0 Å². The zero-order chi connectivity index (χ0) is 9.59. The summed E-state index contributed by atoms with van der Waals surface area (Å²) in [4.78, 5) is 4.24. The van der Waals surface area contributed by atoms with Crippen molar-refractivity contribution in [3.05, 3.63) is 28.2 Å². The molecule has 0 saturated carbocycles. The lowest BCUT2D eigenvalue weighted by Gasteiger charge is -2.03. The van der Waals surface area contributed by atoms with Crippen molar-refractivity contribution in [2.24, 2.45) is 0 Å². The molecule has 68 valence electrons. The minimum Gasteiger partial charge on any atom is -0.212 e. The van der Waals surface area contributed by atoms with Crippen molar-refractivity contribution in [3.63, 3.8) is 0 Å². The summed E-state index contributed by atoms with van der Waals surface area (Å²) in [6.45, 7) is 5.85. The van der Waals surface area contributed by atoms with E-state index in [0.717, 1.165) is 22.6 Å². The molecule has 0 aliphatic carbocycles. The fourth-order valence-electron chi connectivity index (χ4n) is 1.29. The highest BCUT2D eigenvalue weighted by Gasteiger charge is 2.07. The summed E-state index contributed by atoms with van der Waals surface area (Å²) in [6, 6.07) is 1.99. The van der Waals surface area contributed by atoms with Crippen molar-refractivity contribution >= 4 is 17.2 Å². The van der Waals surface area contributed by atoms with E-state index in [1.54, 1.807) is 4.52 Å². The van der Waals surface area contributed by atoms with E-state index >= 15 is 0 Å². The van der Waals surface area contributed by atoms with Crippen LogP contribution in [-0.2, 0) is 0 Å². The normalized spacial score (nSPS) is 11.1. The van der Waals surface area contributed by atoms with Crippen molar-refractivity contribution in [3.8, 4) is 0 Å².